The summed E-state index contributed by atoms with van der Waals surface area (Å²) in [5, 5.41) is 18.4. The number of nitro groups is 1. The average molecular weight is 283 g/mol. The third kappa shape index (κ3) is 2.76. The molecule has 0 unspecified atom stereocenters. The normalized spacial score (nSPS) is 14.4. The molecule has 3 rings (SSSR count). The number of para-hydroxylation sites is 2. The summed E-state index contributed by atoms with van der Waals surface area (Å²) in [5.41, 5.74) is 4.33. The fourth-order valence-electron chi connectivity index (χ4n) is 2.03. The van der Waals surface area contributed by atoms with Gasteiger partial charge in [-0.15, -0.1) is 0 Å². The van der Waals surface area contributed by atoms with Crippen molar-refractivity contribution in [1.82, 2.24) is 5.43 Å². The SMILES string of the molecule is O=[N+]([O-])C1=NN(c2ccccc2)CN(c2ccccc2)N1. The van der Waals surface area contributed by atoms with Gasteiger partial charge >= 0.3 is 5.96 Å². The van der Waals surface area contributed by atoms with Crippen molar-refractivity contribution in [2.45, 2.75) is 0 Å². The number of rotatable bonds is 2. The van der Waals surface area contributed by atoms with Gasteiger partial charge in [-0.3, -0.25) is 0 Å². The first-order valence-corrected chi connectivity index (χ1v) is 6.39. The highest BCUT2D eigenvalue weighted by Crippen LogP contribution is 2.19. The Bertz CT molecular complexity index is 660. The van der Waals surface area contributed by atoms with Gasteiger partial charge in [0.25, 0.3) is 0 Å². The number of nitrogens with zero attached hydrogens (tertiary/aromatic N) is 4. The van der Waals surface area contributed by atoms with Crippen molar-refractivity contribution >= 4 is 17.3 Å². The standard InChI is InChI=1S/C14H13N5O2/c20-19(21)14-15-17(12-7-3-1-4-8-12)11-18(16-14)13-9-5-2-6-10-13/h1-10H,11H2,(H,15,16). The van der Waals surface area contributed by atoms with E-state index >= 15 is 0 Å². The van der Waals surface area contributed by atoms with Crippen LogP contribution in [0.15, 0.2) is 65.8 Å². The van der Waals surface area contributed by atoms with Crippen LogP contribution in [0.3, 0.4) is 0 Å². The molecule has 106 valence electrons. The van der Waals surface area contributed by atoms with Gasteiger partial charge in [0.2, 0.25) is 0 Å². The van der Waals surface area contributed by atoms with Crippen LogP contribution in [-0.2, 0) is 0 Å². The minimum absolute atomic E-state index is 0.311. The Morgan fingerprint density at radius 3 is 2.14 bits per heavy atom. The Kier molecular flexibility index (Phi) is 3.38. The number of guanidine groups is 1. The zero-order chi connectivity index (χ0) is 14.7. The van der Waals surface area contributed by atoms with Crippen molar-refractivity contribution < 1.29 is 4.92 Å². The van der Waals surface area contributed by atoms with Crippen LogP contribution < -0.4 is 15.4 Å². The molecule has 7 heteroatoms. The Hall–Kier alpha value is -3.09. The van der Waals surface area contributed by atoms with E-state index in [9.17, 15) is 10.1 Å². The molecule has 0 saturated heterocycles. The van der Waals surface area contributed by atoms with E-state index in [0.29, 0.717) is 6.67 Å². The lowest BCUT2D eigenvalue weighted by molar-refractivity contribution is -0.356. The first kappa shape index (κ1) is 12.9. The molecule has 1 heterocycles. The summed E-state index contributed by atoms with van der Waals surface area (Å²) in [4.78, 5) is 10.5. The topological polar surface area (TPSA) is 74.0 Å². The highest BCUT2D eigenvalue weighted by molar-refractivity contribution is 5.77. The van der Waals surface area contributed by atoms with Gasteiger partial charge < -0.3 is 10.1 Å². The predicted molar refractivity (Wildman–Crippen MR) is 80.3 cm³/mol. The molecule has 1 N–H and O–H groups in total. The summed E-state index contributed by atoms with van der Waals surface area (Å²) in [6, 6.07) is 18.7. The van der Waals surface area contributed by atoms with Gasteiger partial charge in [-0.05, 0) is 29.2 Å². The molecule has 1 aliphatic rings. The third-order valence-electron chi connectivity index (χ3n) is 3.02. The highest BCUT2D eigenvalue weighted by atomic mass is 16.6. The van der Waals surface area contributed by atoms with Crippen LogP contribution in [0.5, 0.6) is 0 Å². The number of hydrazine groups is 1. The fraction of sp³-hybridized carbons (Fsp3) is 0.0714. The van der Waals surface area contributed by atoms with Crippen LogP contribution in [0, 0.1) is 10.1 Å². The van der Waals surface area contributed by atoms with Gasteiger partial charge in [0.05, 0.1) is 11.4 Å². The van der Waals surface area contributed by atoms with Crippen molar-refractivity contribution in [1.29, 1.82) is 0 Å². The van der Waals surface area contributed by atoms with Gasteiger partial charge in [-0.2, -0.15) is 10.4 Å². The molecule has 0 radical (unpaired) electrons. The van der Waals surface area contributed by atoms with Crippen molar-refractivity contribution in [3.05, 3.63) is 70.8 Å². The molecule has 0 aromatic heterocycles. The van der Waals surface area contributed by atoms with E-state index in [1.54, 1.807) is 10.0 Å². The lowest BCUT2D eigenvalue weighted by atomic mass is 10.3. The maximum absolute atomic E-state index is 11.1. The Balaban J connectivity index is 1.94. The van der Waals surface area contributed by atoms with E-state index in [1.807, 2.05) is 60.7 Å². The molecule has 0 aliphatic carbocycles. The van der Waals surface area contributed by atoms with E-state index in [0.717, 1.165) is 11.4 Å². The fourth-order valence-corrected chi connectivity index (χ4v) is 2.03. The quantitative estimate of drug-likeness (QED) is 0.674. The summed E-state index contributed by atoms with van der Waals surface area (Å²) in [5.74, 6) is -0.311. The molecule has 0 bridgehead atoms. The number of benzene rings is 2. The molecule has 0 amide bonds. The van der Waals surface area contributed by atoms with Gasteiger partial charge in [0.15, 0.2) is 6.67 Å². The Labute approximate surface area is 121 Å². The molecule has 2 aromatic carbocycles. The second kappa shape index (κ2) is 5.49. The molecule has 21 heavy (non-hydrogen) atoms. The zero-order valence-electron chi connectivity index (χ0n) is 11.1. The van der Waals surface area contributed by atoms with Gasteiger partial charge in [0, 0.05) is 5.10 Å². The lowest BCUT2D eigenvalue weighted by Gasteiger charge is -2.29. The number of anilines is 2. The van der Waals surface area contributed by atoms with E-state index in [-0.39, 0.29) is 5.96 Å². The van der Waals surface area contributed by atoms with Crippen LogP contribution in [0.4, 0.5) is 11.4 Å². The lowest BCUT2D eigenvalue weighted by Crippen LogP contribution is -2.55. The second-order valence-electron chi connectivity index (χ2n) is 4.43. The monoisotopic (exact) mass is 283 g/mol. The summed E-state index contributed by atoms with van der Waals surface area (Å²) >= 11 is 0. The second-order valence-corrected chi connectivity index (χ2v) is 4.43. The van der Waals surface area contributed by atoms with Crippen molar-refractivity contribution in [3.63, 3.8) is 0 Å². The van der Waals surface area contributed by atoms with Crippen LogP contribution >= 0.6 is 0 Å². The molecule has 0 saturated carbocycles. The molecule has 0 spiro atoms. The zero-order valence-corrected chi connectivity index (χ0v) is 11.1. The molecule has 7 nitrogen and oxygen atoms in total. The molecule has 0 fully saturated rings. The summed E-state index contributed by atoms with van der Waals surface area (Å²) in [6.45, 7) is 0.366. The highest BCUT2D eigenvalue weighted by Gasteiger charge is 2.28. The van der Waals surface area contributed by atoms with E-state index in [1.165, 1.54) is 0 Å². The number of hydrogen-bond donors (Lipinski definition) is 1. The third-order valence-corrected chi connectivity index (χ3v) is 3.02. The van der Waals surface area contributed by atoms with Crippen molar-refractivity contribution in [2.24, 2.45) is 5.10 Å². The Morgan fingerprint density at radius 1 is 1.00 bits per heavy atom. The molecular weight excluding hydrogens is 270 g/mol. The average Bonchev–Trinajstić information content (AvgIpc) is 2.56. The van der Waals surface area contributed by atoms with Gasteiger partial charge in [-0.25, -0.2) is 5.01 Å². The minimum Gasteiger partial charge on any atom is -0.390 e. The van der Waals surface area contributed by atoms with E-state index < -0.39 is 4.92 Å². The summed E-state index contributed by atoms with van der Waals surface area (Å²) in [7, 11) is 0. The minimum atomic E-state index is -0.537. The predicted octanol–water partition coefficient (Wildman–Crippen LogP) is 2.02. The summed E-state index contributed by atoms with van der Waals surface area (Å²) < 4.78 is 0. The first-order valence-electron chi connectivity index (χ1n) is 6.39. The van der Waals surface area contributed by atoms with Crippen LogP contribution in [0.1, 0.15) is 0 Å². The maximum atomic E-state index is 11.1. The molecule has 2 aromatic rings. The summed E-state index contributed by atoms with van der Waals surface area (Å²) in [6.07, 6.45) is 0. The number of hydrogen-bond acceptors (Lipinski definition) is 6. The van der Waals surface area contributed by atoms with Gasteiger partial charge in [0.1, 0.15) is 0 Å². The van der Waals surface area contributed by atoms with Crippen LogP contribution in [-0.4, -0.2) is 17.6 Å². The Morgan fingerprint density at radius 2 is 1.57 bits per heavy atom. The van der Waals surface area contributed by atoms with E-state index in [2.05, 4.69) is 10.5 Å². The van der Waals surface area contributed by atoms with Crippen LogP contribution in [0.25, 0.3) is 0 Å². The maximum Gasteiger partial charge on any atom is 0.470 e. The number of nitrogens with one attached hydrogen (secondary N) is 1. The van der Waals surface area contributed by atoms with Crippen molar-refractivity contribution in [2.75, 3.05) is 16.7 Å². The first-order chi connectivity index (χ1) is 10.2. The smallest absolute Gasteiger partial charge is 0.390 e. The van der Waals surface area contributed by atoms with E-state index in [4.69, 9.17) is 0 Å². The number of hydrazone groups is 1. The molecule has 0 atom stereocenters. The molecule has 1 aliphatic heterocycles. The van der Waals surface area contributed by atoms with Crippen LogP contribution in [0.2, 0.25) is 0 Å². The van der Waals surface area contributed by atoms with Gasteiger partial charge in [-0.1, -0.05) is 36.4 Å². The molecular formula is C14H13N5O2. The van der Waals surface area contributed by atoms with Crippen molar-refractivity contribution in [3.8, 4) is 0 Å². The largest absolute Gasteiger partial charge is 0.470 e.